The van der Waals surface area contributed by atoms with E-state index in [0.717, 1.165) is 6.07 Å². The molecule has 0 saturated carbocycles. The number of methoxy groups -OCH3 is 2. The van der Waals surface area contributed by atoms with Crippen LogP contribution in [0.5, 0.6) is 11.5 Å². The average molecular weight is 219 g/mol. The van der Waals surface area contributed by atoms with Gasteiger partial charge in [0.2, 0.25) is 0 Å². The van der Waals surface area contributed by atoms with Crippen molar-refractivity contribution in [3.8, 4) is 11.5 Å². The number of hydrogen-bond donors (Lipinski definition) is 0. The lowest BCUT2D eigenvalue weighted by Crippen LogP contribution is -2.01. The number of benzene rings is 1. The van der Waals surface area contributed by atoms with E-state index in [1.54, 1.807) is 0 Å². The topological polar surface area (TPSA) is 35.5 Å². The summed E-state index contributed by atoms with van der Waals surface area (Å²) in [5.41, 5.74) is -0.312. The Labute approximate surface area is 85.4 Å². The van der Waals surface area contributed by atoms with Gasteiger partial charge in [0.15, 0.2) is 11.5 Å². The molecule has 0 N–H and O–H groups in total. The number of carbonyl (C=O) groups is 1. The molecule has 0 aliphatic heterocycles. The fourth-order valence-corrected chi connectivity index (χ4v) is 1.26. The van der Waals surface area contributed by atoms with Crippen LogP contribution in [0.15, 0.2) is 12.1 Å². The largest absolute Gasteiger partial charge is 0.493 e. The van der Waals surface area contributed by atoms with Crippen LogP contribution in [0.25, 0.3) is 0 Å². The van der Waals surface area contributed by atoms with Gasteiger partial charge in [-0.05, 0) is 23.7 Å². The molecule has 0 saturated heterocycles. The molecule has 0 unspecified atom stereocenters. The highest BCUT2D eigenvalue weighted by atomic mass is 35.5. The maximum absolute atomic E-state index is 13.2. The maximum Gasteiger partial charge on any atom is 0.259 e. The fraction of sp³-hybridized carbons (Fsp3) is 0.222. The molecule has 0 aliphatic rings. The quantitative estimate of drug-likeness (QED) is 0.730. The Morgan fingerprint density at radius 2 is 2.00 bits per heavy atom. The molecule has 5 heteroatoms. The first kappa shape index (κ1) is 10.8. The molecule has 0 atom stereocenters. The van der Waals surface area contributed by atoms with E-state index in [0.29, 0.717) is 0 Å². The molecule has 0 amide bonds. The molecular weight excluding hydrogens is 211 g/mol. The first-order chi connectivity index (χ1) is 6.61. The standard InChI is InChI=1S/C9H8ClFO3/c1-13-6-4-3-5(11)7(9(10)12)8(6)14-2/h3-4H,1-2H3. The van der Waals surface area contributed by atoms with Crippen molar-refractivity contribution in [2.45, 2.75) is 0 Å². The van der Waals surface area contributed by atoms with E-state index in [1.165, 1.54) is 20.3 Å². The van der Waals surface area contributed by atoms with Gasteiger partial charge in [0.1, 0.15) is 11.4 Å². The Bertz CT molecular complexity index is 365. The summed E-state index contributed by atoms with van der Waals surface area (Å²) in [6.45, 7) is 0. The predicted octanol–water partition coefficient (Wildman–Crippen LogP) is 2.22. The Hall–Kier alpha value is -1.29. The summed E-state index contributed by atoms with van der Waals surface area (Å²) in [6.07, 6.45) is 0. The normalized spacial score (nSPS) is 9.71. The van der Waals surface area contributed by atoms with Crippen LogP contribution in [0.3, 0.4) is 0 Å². The van der Waals surface area contributed by atoms with Crippen LogP contribution in [-0.2, 0) is 0 Å². The van der Waals surface area contributed by atoms with Crippen LogP contribution >= 0.6 is 11.6 Å². The van der Waals surface area contributed by atoms with Crippen LogP contribution in [0.2, 0.25) is 0 Å². The van der Waals surface area contributed by atoms with E-state index >= 15 is 0 Å². The van der Waals surface area contributed by atoms with E-state index in [4.69, 9.17) is 21.1 Å². The molecule has 1 aromatic carbocycles. The van der Waals surface area contributed by atoms with Crippen molar-refractivity contribution in [2.75, 3.05) is 14.2 Å². The molecule has 0 bridgehead atoms. The van der Waals surface area contributed by atoms with Crippen LogP contribution < -0.4 is 9.47 Å². The Kier molecular flexibility index (Phi) is 3.30. The molecule has 3 nitrogen and oxygen atoms in total. The second kappa shape index (κ2) is 4.28. The molecule has 14 heavy (non-hydrogen) atoms. The minimum absolute atomic E-state index is 0.00694. The Morgan fingerprint density at radius 3 is 2.43 bits per heavy atom. The highest BCUT2D eigenvalue weighted by Crippen LogP contribution is 2.33. The number of hydrogen-bond acceptors (Lipinski definition) is 3. The SMILES string of the molecule is COc1ccc(F)c(C(=O)Cl)c1OC. The van der Waals surface area contributed by atoms with Crippen molar-refractivity contribution in [1.29, 1.82) is 0 Å². The summed E-state index contributed by atoms with van der Waals surface area (Å²) in [5.74, 6) is -0.465. The molecule has 0 radical (unpaired) electrons. The third-order valence-electron chi connectivity index (χ3n) is 1.69. The van der Waals surface area contributed by atoms with Gasteiger partial charge in [-0.3, -0.25) is 4.79 Å². The van der Waals surface area contributed by atoms with Crippen LogP contribution in [0, 0.1) is 5.82 Å². The summed E-state index contributed by atoms with van der Waals surface area (Å²) in [4.78, 5) is 10.9. The van der Waals surface area contributed by atoms with Crippen molar-refractivity contribution in [3.05, 3.63) is 23.5 Å². The smallest absolute Gasteiger partial charge is 0.259 e. The van der Waals surface area contributed by atoms with Gasteiger partial charge in [-0.1, -0.05) is 0 Å². The maximum atomic E-state index is 13.2. The van der Waals surface area contributed by atoms with Gasteiger partial charge in [0.25, 0.3) is 5.24 Å². The van der Waals surface area contributed by atoms with E-state index in [-0.39, 0.29) is 17.1 Å². The predicted molar refractivity (Wildman–Crippen MR) is 49.7 cm³/mol. The molecule has 1 rings (SSSR count). The summed E-state index contributed by atoms with van der Waals surface area (Å²) in [5, 5.41) is -0.918. The van der Waals surface area contributed by atoms with Gasteiger partial charge in [-0.2, -0.15) is 0 Å². The molecule has 0 heterocycles. The van der Waals surface area contributed by atoms with Crippen molar-refractivity contribution in [2.24, 2.45) is 0 Å². The Balaban J connectivity index is 3.42. The van der Waals surface area contributed by atoms with E-state index in [9.17, 15) is 9.18 Å². The summed E-state index contributed by atoms with van der Waals surface area (Å²) < 4.78 is 22.9. The summed E-state index contributed by atoms with van der Waals surface area (Å²) in [7, 11) is 2.69. The zero-order chi connectivity index (χ0) is 10.7. The molecule has 76 valence electrons. The molecule has 0 aliphatic carbocycles. The van der Waals surface area contributed by atoms with Gasteiger partial charge in [-0.25, -0.2) is 4.39 Å². The second-order valence-electron chi connectivity index (χ2n) is 2.43. The molecular formula is C9H8ClFO3. The lowest BCUT2D eigenvalue weighted by Gasteiger charge is -2.10. The van der Waals surface area contributed by atoms with Gasteiger partial charge >= 0.3 is 0 Å². The van der Waals surface area contributed by atoms with Gasteiger partial charge in [-0.15, -0.1) is 0 Å². The number of ether oxygens (including phenoxy) is 2. The fourth-order valence-electron chi connectivity index (χ4n) is 1.09. The minimum atomic E-state index is -0.918. The monoisotopic (exact) mass is 218 g/mol. The first-order valence-corrected chi connectivity index (χ1v) is 4.10. The third kappa shape index (κ3) is 1.80. The van der Waals surface area contributed by atoms with E-state index in [1.807, 2.05) is 0 Å². The highest BCUT2D eigenvalue weighted by Gasteiger charge is 2.19. The first-order valence-electron chi connectivity index (χ1n) is 3.72. The zero-order valence-corrected chi connectivity index (χ0v) is 8.39. The van der Waals surface area contributed by atoms with Crippen molar-refractivity contribution < 1.29 is 18.7 Å². The van der Waals surface area contributed by atoms with Crippen molar-refractivity contribution in [3.63, 3.8) is 0 Å². The van der Waals surface area contributed by atoms with Gasteiger partial charge in [0.05, 0.1) is 14.2 Å². The van der Waals surface area contributed by atoms with Crippen LogP contribution in [0.4, 0.5) is 4.39 Å². The van der Waals surface area contributed by atoms with E-state index in [2.05, 4.69) is 0 Å². The third-order valence-corrected chi connectivity index (χ3v) is 1.88. The van der Waals surface area contributed by atoms with Crippen molar-refractivity contribution >= 4 is 16.8 Å². The van der Waals surface area contributed by atoms with E-state index < -0.39 is 11.1 Å². The van der Waals surface area contributed by atoms with Gasteiger partial charge < -0.3 is 9.47 Å². The lowest BCUT2D eigenvalue weighted by atomic mass is 10.2. The van der Waals surface area contributed by atoms with Crippen molar-refractivity contribution in [1.82, 2.24) is 0 Å². The number of rotatable bonds is 3. The average Bonchev–Trinajstić information content (AvgIpc) is 2.16. The summed E-state index contributed by atoms with van der Waals surface area (Å²) in [6, 6.07) is 2.45. The summed E-state index contributed by atoms with van der Waals surface area (Å²) >= 11 is 5.21. The van der Waals surface area contributed by atoms with Gasteiger partial charge in [0, 0.05) is 0 Å². The zero-order valence-electron chi connectivity index (χ0n) is 7.64. The molecule has 0 fully saturated rings. The second-order valence-corrected chi connectivity index (χ2v) is 2.77. The molecule has 1 aromatic rings. The number of carbonyl (C=O) groups excluding carboxylic acids is 1. The highest BCUT2D eigenvalue weighted by molar-refractivity contribution is 6.68. The minimum Gasteiger partial charge on any atom is -0.493 e. The Morgan fingerprint density at radius 1 is 1.36 bits per heavy atom. The lowest BCUT2D eigenvalue weighted by molar-refractivity contribution is 0.107. The number of halogens is 2. The van der Waals surface area contributed by atoms with Crippen LogP contribution in [-0.4, -0.2) is 19.5 Å². The molecule has 0 spiro atoms. The molecule has 0 aromatic heterocycles. The van der Waals surface area contributed by atoms with Crippen LogP contribution in [0.1, 0.15) is 10.4 Å².